The molecule has 2 fully saturated rings. The molecule has 5 heteroatoms. The number of carbonyl (C=O) groups is 2. The molecule has 2 aliphatic rings. The van der Waals surface area contributed by atoms with Crippen molar-refractivity contribution in [3.8, 4) is 6.07 Å². The number of nitriles is 1. The van der Waals surface area contributed by atoms with Crippen molar-refractivity contribution in [1.29, 1.82) is 5.26 Å². The zero-order chi connectivity index (χ0) is 13.0. The molecule has 2 rings (SSSR count). The van der Waals surface area contributed by atoms with Gasteiger partial charge in [-0.1, -0.05) is 0 Å². The standard InChI is InChI=1S/C13H19N3O2/c14-7-6-12(17)15-8-3-4-11(10-15)16-9-2-1-5-13(16)18/h11H,1-6,8-10H2. The average molecular weight is 249 g/mol. The van der Waals surface area contributed by atoms with E-state index in [1.165, 1.54) is 0 Å². The Balaban J connectivity index is 1.95. The Kier molecular flexibility index (Phi) is 4.19. The third-order valence-electron chi connectivity index (χ3n) is 3.78. The first-order valence-corrected chi connectivity index (χ1v) is 6.66. The molecule has 1 unspecified atom stereocenters. The number of nitrogens with zero attached hydrogens (tertiary/aromatic N) is 3. The number of hydrogen-bond donors (Lipinski definition) is 0. The van der Waals surface area contributed by atoms with Gasteiger partial charge in [-0.25, -0.2) is 0 Å². The van der Waals surface area contributed by atoms with E-state index in [0.717, 1.165) is 38.8 Å². The predicted molar refractivity (Wildman–Crippen MR) is 65.4 cm³/mol. The van der Waals surface area contributed by atoms with Crippen LogP contribution >= 0.6 is 0 Å². The third-order valence-corrected chi connectivity index (χ3v) is 3.78. The summed E-state index contributed by atoms with van der Waals surface area (Å²) in [5.41, 5.74) is 0. The molecule has 18 heavy (non-hydrogen) atoms. The van der Waals surface area contributed by atoms with Crippen molar-refractivity contribution in [1.82, 2.24) is 9.80 Å². The molecule has 2 amide bonds. The van der Waals surface area contributed by atoms with Gasteiger partial charge < -0.3 is 9.80 Å². The fourth-order valence-corrected chi connectivity index (χ4v) is 2.83. The van der Waals surface area contributed by atoms with Crippen LogP contribution in [0.5, 0.6) is 0 Å². The molecule has 0 aromatic heterocycles. The molecule has 2 aliphatic heterocycles. The van der Waals surface area contributed by atoms with E-state index < -0.39 is 0 Å². The first-order valence-electron chi connectivity index (χ1n) is 6.66. The quantitative estimate of drug-likeness (QED) is 0.730. The van der Waals surface area contributed by atoms with Crippen molar-refractivity contribution in [2.75, 3.05) is 19.6 Å². The van der Waals surface area contributed by atoms with Gasteiger partial charge in [0, 0.05) is 32.1 Å². The van der Waals surface area contributed by atoms with Gasteiger partial charge in [-0.15, -0.1) is 0 Å². The van der Waals surface area contributed by atoms with E-state index in [-0.39, 0.29) is 24.3 Å². The van der Waals surface area contributed by atoms with Gasteiger partial charge >= 0.3 is 0 Å². The largest absolute Gasteiger partial charge is 0.340 e. The minimum Gasteiger partial charge on any atom is -0.340 e. The highest BCUT2D eigenvalue weighted by molar-refractivity contribution is 5.79. The highest BCUT2D eigenvalue weighted by atomic mass is 16.2. The molecule has 1 atom stereocenters. The topological polar surface area (TPSA) is 64.4 Å². The van der Waals surface area contributed by atoms with Gasteiger partial charge in [0.1, 0.15) is 6.42 Å². The summed E-state index contributed by atoms with van der Waals surface area (Å²) in [7, 11) is 0. The van der Waals surface area contributed by atoms with Gasteiger partial charge in [0.15, 0.2) is 0 Å². The van der Waals surface area contributed by atoms with Gasteiger partial charge in [0.05, 0.1) is 6.07 Å². The van der Waals surface area contributed by atoms with E-state index in [1.54, 1.807) is 4.90 Å². The van der Waals surface area contributed by atoms with Crippen LogP contribution in [0.4, 0.5) is 0 Å². The summed E-state index contributed by atoms with van der Waals surface area (Å²) in [5.74, 6) is 0.118. The minimum atomic E-state index is -0.105. The fourth-order valence-electron chi connectivity index (χ4n) is 2.83. The first-order chi connectivity index (χ1) is 8.72. The van der Waals surface area contributed by atoms with Crippen LogP contribution in [0.1, 0.15) is 38.5 Å². The molecular formula is C13H19N3O2. The second kappa shape index (κ2) is 5.85. The zero-order valence-electron chi connectivity index (χ0n) is 10.6. The molecule has 98 valence electrons. The SMILES string of the molecule is N#CCC(=O)N1CCCC(N2CCCCC2=O)C1. The van der Waals surface area contributed by atoms with E-state index in [0.29, 0.717) is 13.0 Å². The molecule has 0 spiro atoms. The van der Waals surface area contributed by atoms with Crippen molar-refractivity contribution in [2.24, 2.45) is 0 Å². The summed E-state index contributed by atoms with van der Waals surface area (Å²) in [5, 5.41) is 8.56. The third kappa shape index (κ3) is 2.81. The normalized spacial score (nSPS) is 24.8. The number of hydrogen-bond acceptors (Lipinski definition) is 3. The Hall–Kier alpha value is -1.57. The Morgan fingerprint density at radius 1 is 1.33 bits per heavy atom. The van der Waals surface area contributed by atoms with Crippen molar-refractivity contribution in [2.45, 2.75) is 44.6 Å². The maximum atomic E-state index is 11.9. The highest BCUT2D eigenvalue weighted by Crippen LogP contribution is 2.21. The summed E-state index contributed by atoms with van der Waals surface area (Å²) >= 11 is 0. The van der Waals surface area contributed by atoms with Gasteiger partial charge in [0.2, 0.25) is 11.8 Å². The molecule has 2 heterocycles. The lowest BCUT2D eigenvalue weighted by Gasteiger charge is -2.40. The Bertz CT molecular complexity index is 375. The number of piperidine rings is 2. The van der Waals surface area contributed by atoms with Crippen LogP contribution in [-0.2, 0) is 9.59 Å². The lowest BCUT2D eigenvalue weighted by Crippen LogP contribution is -2.52. The van der Waals surface area contributed by atoms with Crippen LogP contribution in [0.2, 0.25) is 0 Å². The lowest BCUT2D eigenvalue weighted by atomic mass is 10.00. The molecule has 0 N–H and O–H groups in total. The summed E-state index contributed by atoms with van der Waals surface area (Å²) in [4.78, 5) is 27.2. The Morgan fingerprint density at radius 3 is 2.89 bits per heavy atom. The molecule has 2 saturated heterocycles. The Labute approximate surface area is 107 Å². The molecule has 0 aliphatic carbocycles. The van der Waals surface area contributed by atoms with Gasteiger partial charge in [-0.2, -0.15) is 5.26 Å². The van der Waals surface area contributed by atoms with Crippen LogP contribution in [0.25, 0.3) is 0 Å². The van der Waals surface area contributed by atoms with E-state index in [9.17, 15) is 9.59 Å². The predicted octanol–water partition coefficient (Wildman–Crippen LogP) is 0.904. The van der Waals surface area contributed by atoms with Crippen molar-refractivity contribution >= 4 is 11.8 Å². The van der Waals surface area contributed by atoms with Crippen LogP contribution in [0.3, 0.4) is 0 Å². The smallest absolute Gasteiger partial charge is 0.236 e. The summed E-state index contributed by atoms with van der Waals surface area (Å²) < 4.78 is 0. The Morgan fingerprint density at radius 2 is 2.17 bits per heavy atom. The van der Waals surface area contributed by atoms with Gasteiger partial charge in [0.25, 0.3) is 0 Å². The fraction of sp³-hybridized carbons (Fsp3) is 0.769. The summed E-state index contributed by atoms with van der Waals surface area (Å²) in [6, 6.07) is 2.06. The maximum Gasteiger partial charge on any atom is 0.236 e. The molecular weight excluding hydrogens is 230 g/mol. The van der Waals surface area contributed by atoms with E-state index in [1.807, 2.05) is 11.0 Å². The van der Waals surface area contributed by atoms with E-state index >= 15 is 0 Å². The number of likely N-dealkylation sites (tertiary alicyclic amines) is 2. The summed E-state index contributed by atoms with van der Waals surface area (Å²) in [6.45, 7) is 2.15. The van der Waals surface area contributed by atoms with Crippen LogP contribution in [-0.4, -0.2) is 47.3 Å². The van der Waals surface area contributed by atoms with Crippen molar-refractivity contribution in [3.63, 3.8) is 0 Å². The van der Waals surface area contributed by atoms with Gasteiger partial charge in [-0.05, 0) is 25.7 Å². The zero-order valence-corrected chi connectivity index (χ0v) is 10.6. The van der Waals surface area contributed by atoms with Crippen LogP contribution in [0.15, 0.2) is 0 Å². The minimum absolute atomic E-state index is 0.0549. The van der Waals surface area contributed by atoms with Crippen LogP contribution < -0.4 is 0 Å². The second-order valence-corrected chi connectivity index (χ2v) is 5.01. The first kappa shape index (κ1) is 12.9. The second-order valence-electron chi connectivity index (χ2n) is 5.01. The van der Waals surface area contributed by atoms with Crippen molar-refractivity contribution in [3.05, 3.63) is 0 Å². The number of amides is 2. The van der Waals surface area contributed by atoms with E-state index in [4.69, 9.17) is 5.26 Å². The lowest BCUT2D eigenvalue weighted by molar-refractivity contribution is -0.141. The number of carbonyl (C=O) groups excluding carboxylic acids is 2. The average Bonchev–Trinajstić information content (AvgIpc) is 2.40. The molecule has 0 aromatic carbocycles. The molecule has 0 radical (unpaired) electrons. The monoisotopic (exact) mass is 249 g/mol. The molecule has 0 bridgehead atoms. The molecule has 5 nitrogen and oxygen atoms in total. The van der Waals surface area contributed by atoms with Crippen LogP contribution in [0, 0.1) is 11.3 Å². The van der Waals surface area contributed by atoms with Gasteiger partial charge in [-0.3, -0.25) is 9.59 Å². The number of rotatable bonds is 2. The maximum absolute atomic E-state index is 11.9. The van der Waals surface area contributed by atoms with Crippen molar-refractivity contribution < 1.29 is 9.59 Å². The highest BCUT2D eigenvalue weighted by Gasteiger charge is 2.31. The molecule has 0 aromatic rings. The molecule has 0 saturated carbocycles. The van der Waals surface area contributed by atoms with E-state index in [2.05, 4.69) is 0 Å². The summed E-state index contributed by atoms with van der Waals surface area (Å²) in [6.07, 6.45) is 4.53.